The highest BCUT2D eigenvalue weighted by molar-refractivity contribution is 6.00. The number of methoxy groups -OCH3 is 1. The van der Waals surface area contributed by atoms with E-state index in [4.69, 9.17) is 15.2 Å². The zero-order valence-electron chi connectivity index (χ0n) is 21.6. The monoisotopic (exact) mass is 537 g/mol. The van der Waals surface area contributed by atoms with Crippen molar-refractivity contribution in [1.29, 1.82) is 0 Å². The molecule has 12 heteroatoms. The Morgan fingerprint density at radius 2 is 1.87 bits per heavy atom. The van der Waals surface area contributed by atoms with Crippen LogP contribution in [0.5, 0.6) is 0 Å². The normalized spacial score (nSPS) is 14.1. The van der Waals surface area contributed by atoms with E-state index in [9.17, 15) is 9.18 Å². The van der Waals surface area contributed by atoms with E-state index in [2.05, 4.69) is 25.6 Å². The fourth-order valence-corrected chi connectivity index (χ4v) is 4.75. The van der Waals surface area contributed by atoms with Crippen LogP contribution in [0.15, 0.2) is 42.7 Å². The van der Waals surface area contributed by atoms with Gasteiger partial charge in [-0.1, -0.05) is 12.1 Å². The molecule has 0 aliphatic carbocycles. The lowest BCUT2D eigenvalue weighted by molar-refractivity contribution is 0.0331. The Bertz CT molecular complexity index is 1520. The molecule has 1 fully saturated rings. The molecule has 0 bridgehead atoms. The van der Waals surface area contributed by atoms with E-state index in [-0.39, 0.29) is 23.8 Å². The second kappa shape index (κ2) is 11.3. The molecule has 2 amide bonds. The highest BCUT2D eigenvalue weighted by atomic mass is 19.1. The maximum Gasteiger partial charge on any atom is 0.323 e. The highest BCUT2D eigenvalue weighted by Gasteiger charge is 2.25. The molecule has 1 aliphatic heterocycles. The predicted molar refractivity (Wildman–Crippen MR) is 143 cm³/mol. The predicted octanol–water partition coefficient (Wildman–Crippen LogP) is 4.19. The Balaban J connectivity index is 1.49. The summed E-state index contributed by atoms with van der Waals surface area (Å²) in [5, 5.41) is 9.31. The number of urea groups is 1. The van der Waals surface area contributed by atoms with Crippen LogP contribution in [-0.4, -0.2) is 58.9 Å². The number of nitrogens with two attached hydrogens (primary N) is 1. The lowest BCUT2D eigenvalue weighted by atomic mass is 10.0. The minimum absolute atomic E-state index is 0.00251. The summed E-state index contributed by atoms with van der Waals surface area (Å²) in [5.41, 5.74) is 10.4. The topological polar surface area (TPSA) is 119 Å². The number of halogens is 2. The maximum atomic E-state index is 15.3. The van der Waals surface area contributed by atoms with Crippen LogP contribution in [0.1, 0.15) is 16.8 Å². The molecule has 0 saturated carbocycles. The van der Waals surface area contributed by atoms with E-state index < -0.39 is 17.7 Å². The van der Waals surface area contributed by atoms with E-state index in [1.807, 2.05) is 0 Å². The largest absolute Gasteiger partial charge is 0.382 e. The third kappa shape index (κ3) is 5.53. The smallest absolute Gasteiger partial charge is 0.323 e. The van der Waals surface area contributed by atoms with E-state index >= 15 is 4.39 Å². The van der Waals surface area contributed by atoms with Gasteiger partial charge in [0.25, 0.3) is 0 Å². The first kappa shape index (κ1) is 26.5. The zero-order valence-corrected chi connectivity index (χ0v) is 21.6. The second-order valence-corrected chi connectivity index (χ2v) is 9.28. The van der Waals surface area contributed by atoms with Crippen molar-refractivity contribution in [3.05, 3.63) is 71.2 Å². The van der Waals surface area contributed by atoms with Crippen molar-refractivity contribution < 1.29 is 23.0 Å². The minimum Gasteiger partial charge on any atom is -0.382 e. The first-order chi connectivity index (χ1) is 18.9. The van der Waals surface area contributed by atoms with Crippen molar-refractivity contribution in [3.8, 4) is 11.1 Å². The molecule has 10 nitrogen and oxygen atoms in total. The fourth-order valence-electron chi connectivity index (χ4n) is 4.75. The number of carbonyl (C=O) groups excluding carboxylic acids is 1. The Morgan fingerprint density at radius 1 is 1.10 bits per heavy atom. The number of rotatable bonds is 7. The number of nitrogen functional groups attached to an aromatic ring is 1. The van der Waals surface area contributed by atoms with Crippen LogP contribution in [0.2, 0.25) is 0 Å². The summed E-state index contributed by atoms with van der Waals surface area (Å²) in [7, 11) is 1.59. The molecule has 1 aliphatic rings. The summed E-state index contributed by atoms with van der Waals surface area (Å²) in [6, 6.07) is 7.98. The average molecular weight is 538 g/mol. The number of benzene rings is 2. The number of amides is 2. The lowest BCUT2D eigenvalue weighted by Crippen LogP contribution is -2.36. The molecule has 1 saturated heterocycles. The molecule has 0 radical (unpaired) electrons. The van der Waals surface area contributed by atoms with Crippen molar-refractivity contribution in [2.24, 2.45) is 0 Å². The number of morpholine rings is 1. The molecule has 0 atom stereocenters. The molecule has 5 rings (SSSR count). The Hall–Kier alpha value is -4.13. The van der Waals surface area contributed by atoms with Gasteiger partial charge in [-0.3, -0.25) is 4.90 Å². The summed E-state index contributed by atoms with van der Waals surface area (Å²) in [6.07, 6.45) is 1.38. The van der Waals surface area contributed by atoms with Gasteiger partial charge in [-0.25, -0.2) is 23.1 Å². The van der Waals surface area contributed by atoms with E-state index in [0.29, 0.717) is 36.4 Å². The third-order valence-electron chi connectivity index (χ3n) is 6.60. The quantitative estimate of drug-likeness (QED) is 0.324. The van der Waals surface area contributed by atoms with Crippen molar-refractivity contribution in [2.75, 3.05) is 49.8 Å². The summed E-state index contributed by atoms with van der Waals surface area (Å²) >= 11 is 0. The molecule has 204 valence electrons. The maximum absolute atomic E-state index is 15.3. The first-order valence-electron chi connectivity index (χ1n) is 12.4. The summed E-state index contributed by atoms with van der Waals surface area (Å²) in [5.74, 6) is -1.03. The Morgan fingerprint density at radius 3 is 2.62 bits per heavy atom. The minimum atomic E-state index is -0.772. The van der Waals surface area contributed by atoms with Crippen LogP contribution in [0, 0.1) is 18.6 Å². The number of anilines is 3. The van der Waals surface area contributed by atoms with Gasteiger partial charge >= 0.3 is 6.03 Å². The highest BCUT2D eigenvalue weighted by Crippen LogP contribution is 2.37. The van der Waals surface area contributed by atoms with Gasteiger partial charge in [0.1, 0.15) is 23.5 Å². The molecule has 0 spiro atoms. The van der Waals surface area contributed by atoms with Gasteiger partial charge in [0.15, 0.2) is 5.82 Å². The number of aryl methyl sites for hydroxylation is 1. The van der Waals surface area contributed by atoms with Gasteiger partial charge < -0.3 is 25.8 Å². The molecule has 3 heterocycles. The number of carbonyl (C=O) groups is 1. The molecular weight excluding hydrogens is 508 g/mol. The van der Waals surface area contributed by atoms with Gasteiger partial charge in [0, 0.05) is 37.9 Å². The molecule has 39 heavy (non-hydrogen) atoms. The molecular formula is C27H29F2N7O3. The van der Waals surface area contributed by atoms with Crippen LogP contribution >= 0.6 is 0 Å². The van der Waals surface area contributed by atoms with Crippen molar-refractivity contribution >= 4 is 28.7 Å². The molecule has 0 unspecified atom stereocenters. The van der Waals surface area contributed by atoms with Crippen LogP contribution in [0.4, 0.5) is 30.8 Å². The fraction of sp³-hybridized carbons (Fsp3) is 0.296. The van der Waals surface area contributed by atoms with Gasteiger partial charge in [0.05, 0.1) is 36.9 Å². The summed E-state index contributed by atoms with van der Waals surface area (Å²) in [6.45, 7) is 5.38. The Labute approximate surface area is 223 Å². The van der Waals surface area contributed by atoms with Crippen LogP contribution in [-0.2, 0) is 22.6 Å². The summed E-state index contributed by atoms with van der Waals surface area (Å²) in [4.78, 5) is 18.9. The van der Waals surface area contributed by atoms with Gasteiger partial charge in [-0.2, -0.15) is 5.10 Å². The van der Waals surface area contributed by atoms with Crippen LogP contribution < -0.4 is 16.4 Å². The second-order valence-electron chi connectivity index (χ2n) is 9.28. The lowest BCUT2D eigenvalue weighted by Gasteiger charge is -2.26. The van der Waals surface area contributed by atoms with E-state index in [1.54, 1.807) is 30.7 Å². The number of aromatic nitrogens is 3. The van der Waals surface area contributed by atoms with Gasteiger partial charge in [-0.05, 0) is 42.3 Å². The molecule has 4 aromatic rings. The number of fused-ring (bicyclic) bond motifs is 1. The SMILES string of the molecule is COCc1c(-c2ccc(NC(=O)Nc3cc(C)ccc3F)c(F)c2)c2c(N)ncnn2c1CN1CCOCC1. The third-order valence-corrected chi connectivity index (χ3v) is 6.60. The average Bonchev–Trinajstić information content (AvgIpc) is 3.22. The number of nitrogens with zero attached hydrogens (tertiary/aromatic N) is 4. The Kier molecular flexibility index (Phi) is 7.68. The molecule has 4 N–H and O–H groups in total. The van der Waals surface area contributed by atoms with Crippen molar-refractivity contribution in [1.82, 2.24) is 19.5 Å². The van der Waals surface area contributed by atoms with Gasteiger partial charge in [0.2, 0.25) is 0 Å². The van der Waals surface area contributed by atoms with E-state index in [0.717, 1.165) is 29.9 Å². The zero-order chi connectivity index (χ0) is 27.5. The van der Waals surface area contributed by atoms with Crippen molar-refractivity contribution in [3.63, 3.8) is 0 Å². The molecule has 2 aromatic heterocycles. The number of hydrogen-bond acceptors (Lipinski definition) is 7. The van der Waals surface area contributed by atoms with Crippen LogP contribution in [0.3, 0.4) is 0 Å². The number of ether oxygens (including phenoxy) is 2. The van der Waals surface area contributed by atoms with E-state index in [1.165, 1.54) is 30.6 Å². The molecule has 2 aromatic carbocycles. The van der Waals surface area contributed by atoms with Gasteiger partial charge in [-0.15, -0.1) is 0 Å². The van der Waals surface area contributed by atoms with Crippen LogP contribution in [0.25, 0.3) is 16.6 Å². The van der Waals surface area contributed by atoms with Crippen molar-refractivity contribution in [2.45, 2.75) is 20.1 Å². The number of nitrogens with one attached hydrogen (secondary N) is 2. The standard InChI is InChI=1S/C27H29F2N7O3/c1-16-3-5-19(28)22(11-16)34-27(37)33-21-6-4-17(12-20(21)29)24-18(14-38-2)23(13-35-7-9-39-10-8-35)36-25(24)26(30)31-15-32-36/h3-6,11-12,15H,7-10,13-14H2,1-2H3,(H2,30,31,32)(H2,33,34,37). The summed E-state index contributed by atoms with van der Waals surface area (Å²) < 4.78 is 42.1. The first-order valence-corrected chi connectivity index (χ1v) is 12.4. The number of hydrogen-bond donors (Lipinski definition) is 3.